The highest BCUT2D eigenvalue weighted by Gasteiger charge is 2.29. The van der Waals surface area contributed by atoms with Gasteiger partial charge in [-0.15, -0.1) is 0 Å². The Kier molecular flexibility index (Phi) is 4.54. The highest BCUT2D eigenvalue weighted by molar-refractivity contribution is 5.84. The van der Waals surface area contributed by atoms with Crippen molar-refractivity contribution >= 4 is 16.8 Å². The van der Waals surface area contributed by atoms with Gasteiger partial charge in [-0.2, -0.15) is 0 Å². The van der Waals surface area contributed by atoms with Crippen LogP contribution in [0.4, 0.5) is 0 Å². The average molecular weight is 346 g/mol. The number of carbonyl (C=O) groups excluding carboxylic acids is 1. The Morgan fingerprint density at radius 1 is 1.15 bits per heavy atom. The maximum atomic E-state index is 12.9. The zero-order valence-corrected chi connectivity index (χ0v) is 15.6. The van der Waals surface area contributed by atoms with Crippen molar-refractivity contribution in [1.29, 1.82) is 0 Å². The van der Waals surface area contributed by atoms with Gasteiger partial charge in [-0.05, 0) is 50.3 Å². The fourth-order valence-corrected chi connectivity index (χ4v) is 4.34. The SMILES string of the molecule is Cc1cc(C)cc(C2CCCN2C(=O)CCc2c[nH]c3ccccc23)c1. The molecule has 0 aliphatic carbocycles. The summed E-state index contributed by atoms with van der Waals surface area (Å²) in [5, 5.41) is 1.23. The minimum absolute atomic E-state index is 0.240. The number of nitrogens with one attached hydrogen (secondary N) is 1. The molecular formula is C23H26N2O. The number of hydrogen-bond donors (Lipinski definition) is 1. The molecule has 2 heterocycles. The largest absolute Gasteiger partial charge is 0.361 e. The number of para-hydroxylation sites is 1. The third-order valence-electron chi connectivity index (χ3n) is 5.49. The van der Waals surface area contributed by atoms with Crippen LogP contribution in [0.2, 0.25) is 0 Å². The number of carbonyl (C=O) groups is 1. The summed E-state index contributed by atoms with van der Waals surface area (Å²) in [7, 11) is 0. The van der Waals surface area contributed by atoms with E-state index < -0.39 is 0 Å². The van der Waals surface area contributed by atoms with Crippen LogP contribution in [0.3, 0.4) is 0 Å². The number of aryl methyl sites for hydroxylation is 3. The van der Waals surface area contributed by atoms with Gasteiger partial charge in [-0.3, -0.25) is 4.79 Å². The summed E-state index contributed by atoms with van der Waals surface area (Å²) >= 11 is 0. The lowest BCUT2D eigenvalue weighted by atomic mass is 9.99. The molecule has 1 fully saturated rings. The average Bonchev–Trinajstić information content (AvgIpc) is 3.26. The van der Waals surface area contributed by atoms with Gasteiger partial charge in [-0.25, -0.2) is 0 Å². The Morgan fingerprint density at radius 2 is 1.92 bits per heavy atom. The molecule has 0 bridgehead atoms. The molecule has 3 aromatic rings. The van der Waals surface area contributed by atoms with E-state index in [0.29, 0.717) is 6.42 Å². The number of nitrogens with zero attached hydrogens (tertiary/aromatic N) is 1. The van der Waals surface area contributed by atoms with Crippen molar-refractivity contribution in [2.45, 2.75) is 45.6 Å². The minimum atomic E-state index is 0.240. The van der Waals surface area contributed by atoms with E-state index in [1.54, 1.807) is 0 Å². The van der Waals surface area contributed by atoms with Gasteiger partial charge in [0.25, 0.3) is 0 Å². The van der Waals surface area contributed by atoms with E-state index in [-0.39, 0.29) is 11.9 Å². The zero-order valence-electron chi connectivity index (χ0n) is 15.6. The number of fused-ring (bicyclic) bond motifs is 1. The predicted octanol–water partition coefficient (Wildman–Crippen LogP) is 5.08. The first-order chi connectivity index (χ1) is 12.6. The monoisotopic (exact) mass is 346 g/mol. The maximum absolute atomic E-state index is 12.9. The zero-order chi connectivity index (χ0) is 18.1. The molecule has 1 saturated heterocycles. The highest BCUT2D eigenvalue weighted by Crippen LogP contribution is 2.33. The van der Waals surface area contributed by atoms with Crippen LogP contribution in [0.5, 0.6) is 0 Å². The Morgan fingerprint density at radius 3 is 2.73 bits per heavy atom. The lowest BCUT2D eigenvalue weighted by Gasteiger charge is -2.26. The van der Waals surface area contributed by atoms with Crippen LogP contribution < -0.4 is 0 Å². The van der Waals surface area contributed by atoms with E-state index >= 15 is 0 Å². The summed E-state index contributed by atoms with van der Waals surface area (Å²) in [5.41, 5.74) is 6.22. The number of benzene rings is 2. The molecule has 1 amide bonds. The van der Waals surface area contributed by atoms with Crippen LogP contribution in [0.1, 0.15) is 47.6 Å². The Labute approximate surface area is 155 Å². The fraction of sp³-hybridized carbons (Fsp3) is 0.348. The maximum Gasteiger partial charge on any atom is 0.223 e. The van der Waals surface area contributed by atoms with Gasteiger partial charge < -0.3 is 9.88 Å². The second kappa shape index (κ2) is 6.99. The minimum Gasteiger partial charge on any atom is -0.361 e. The lowest BCUT2D eigenvalue weighted by Crippen LogP contribution is -2.30. The van der Waals surface area contributed by atoms with Crippen LogP contribution in [-0.4, -0.2) is 22.3 Å². The molecule has 1 atom stereocenters. The molecule has 2 aromatic carbocycles. The number of amides is 1. The second-order valence-corrected chi connectivity index (χ2v) is 7.53. The lowest BCUT2D eigenvalue weighted by molar-refractivity contribution is -0.132. The van der Waals surface area contributed by atoms with E-state index in [9.17, 15) is 4.79 Å². The van der Waals surface area contributed by atoms with Crippen LogP contribution in [0, 0.1) is 13.8 Å². The standard InChI is InChI=1S/C23H26N2O/c1-16-12-17(2)14-19(13-16)22-8-5-11-25(22)23(26)10-9-18-15-24-21-7-4-3-6-20(18)21/h3-4,6-7,12-15,22,24H,5,8-11H2,1-2H3. The molecule has 0 radical (unpaired) electrons. The smallest absolute Gasteiger partial charge is 0.223 e. The molecule has 4 rings (SSSR count). The van der Waals surface area contributed by atoms with E-state index in [1.807, 2.05) is 12.3 Å². The molecule has 1 aromatic heterocycles. The van der Waals surface area contributed by atoms with Crippen LogP contribution in [0.25, 0.3) is 10.9 Å². The van der Waals surface area contributed by atoms with Crippen molar-refractivity contribution in [3.05, 3.63) is 70.9 Å². The second-order valence-electron chi connectivity index (χ2n) is 7.53. The number of rotatable bonds is 4. The third-order valence-corrected chi connectivity index (χ3v) is 5.49. The van der Waals surface area contributed by atoms with Crippen molar-refractivity contribution in [3.63, 3.8) is 0 Å². The quantitative estimate of drug-likeness (QED) is 0.702. The fourth-order valence-electron chi connectivity index (χ4n) is 4.34. The first-order valence-corrected chi connectivity index (χ1v) is 9.54. The molecule has 1 N–H and O–H groups in total. The van der Waals surface area contributed by atoms with Gasteiger partial charge in [-0.1, -0.05) is 47.5 Å². The van der Waals surface area contributed by atoms with Crippen molar-refractivity contribution in [3.8, 4) is 0 Å². The highest BCUT2D eigenvalue weighted by atomic mass is 16.2. The molecule has 1 unspecified atom stereocenters. The third kappa shape index (κ3) is 3.26. The molecule has 1 aliphatic rings. The summed E-state index contributed by atoms with van der Waals surface area (Å²) in [6.07, 6.45) is 5.57. The summed E-state index contributed by atoms with van der Waals surface area (Å²) in [4.78, 5) is 18.3. The van der Waals surface area contributed by atoms with Gasteiger partial charge >= 0.3 is 0 Å². The normalized spacial score (nSPS) is 17.2. The number of likely N-dealkylation sites (tertiary alicyclic amines) is 1. The van der Waals surface area contributed by atoms with Gasteiger partial charge in [0.1, 0.15) is 0 Å². The molecule has 26 heavy (non-hydrogen) atoms. The van der Waals surface area contributed by atoms with Crippen molar-refractivity contribution in [1.82, 2.24) is 9.88 Å². The summed E-state index contributed by atoms with van der Waals surface area (Å²) in [6.45, 7) is 5.15. The number of aromatic amines is 1. The van der Waals surface area contributed by atoms with Crippen LogP contribution >= 0.6 is 0 Å². The molecule has 1 aliphatic heterocycles. The number of H-pyrrole nitrogens is 1. The molecule has 3 heteroatoms. The molecular weight excluding hydrogens is 320 g/mol. The van der Waals surface area contributed by atoms with E-state index in [2.05, 4.69) is 60.1 Å². The molecule has 0 saturated carbocycles. The first-order valence-electron chi connectivity index (χ1n) is 9.54. The van der Waals surface area contributed by atoms with Gasteiger partial charge in [0.05, 0.1) is 6.04 Å². The van der Waals surface area contributed by atoms with E-state index in [0.717, 1.165) is 31.3 Å². The molecule has 0 spiro atoms. The van der Waals surface area contributed by atoms with Crippen LogP contribution in [-0.2, 0) is 11.2 Å². The van der Waals surface area contributed by atoms with E-state index in [1.165, 1.54) is 27.6 Å². The Balaban J connectivity index is 1.48. The van der Waals surface area contributed by atoms with Crippen molar-refractivity contribution in [2.75, 3.05) is 6.54 Å². The molecule has 134 valence electrons. The number of aromatic nitrogens is 1. The summed E-state index contributed by atoms with van der Waals surface area (Å²) in [5.74, 6) is 0.275. The topological polar surface area (TPSA) is 36.1 Å². The Hall–Kier alpha value is -2.55. The Bertz CT molecular complexity index is 920. The van der Waals surface area contributed by atoms with E-state index in [4.69, 9.17) is 0 Å². The van der Waals surface area contributed by atoms with Crippen molar-refractivity contribution < 1.29 is 4.79 Å². The van der Waals surface area contributed by atoms with Gasteiger partial charge in [0.2, 0.25) is 5.91 Å². The molecule has 3 nitrogen and oxygen atoms in total. The van der Waals surface area contributed by atoms with Gasteiger partial charge in [0, 0.05) is 30.1 Å². The number of hydrogen-bond acceptors (Lipinski definition) is 1. The first kappa shape index (κ1) is 16.9. The summed E-state index contributed by atoms with van der Waals surface area (Å²) < 4.78 is 0. The van der Waals surface area contributed by atoms with Crippen molar-refractivity contribution in [2.24, 2.45) is 0 Å². The van der Waals surface area contributed by atoms with Gasteiger partial charge in [0.15, 0.2) is 0 Å². The van der Waals surface area contributed by atoms with Crippen LogP contribution in [0.15, 0.2) is 48.7 Å². The predicted molar refractivity (Wildman–Crippen MR) is 106 cm³/mol. The summed E-state index contributed by atoms with van der Waals surface area (Å²) in [6, 6.07) is 15.2.